The Labute approximate surface area is 181 Å². The van der Waals surface area contributed by atoms with E-state index in [1.807, 2.05) is 0 Å². The highest BCUT2D eigenvalue weighted by molar-refractivity contribution is 5.79. The SMILES string of the molecule is CC(C)[C@@H](C)CC[C@@H](C)[C@@H]1CC[C@@H]2[C@@H]3CC[C@H]4CC(=O)CC[C@]4(C)[C@H]3CC[C@]21C. The van der Waals surface area contributed by atoms with E-state index >= 15 is 0 Å². The molecule has 4 saturated carbocycles. The molecule has 0 spiro atoms. The molecule has 0 saturated heterocycles. The van der Waals surface area contributed by atoms with E-state index in [2.05, 4.69) is 41.5 Å². The number of rotatable bonds is 5. The second-order valence-electron chi connectivity index (χ2n) is 12.9. The van der Waals surface area contributed by atoms with Crippen molar-refractivity contribution in [3.8, 4) is 0 Å². The lowest BCUT2D eigenvalue weighted by Crippen LogP contribution is -2.53. The van der Waals surface area contributed by atoms with Crippen LogP contribution in [-0.4, -0.2) is 5.78 Å². The van der Waals surface area contributed by atoms with Crippen molar-refractivity contribution in [1.29, 1.82) is 0 Å². The topological polar surface area (TPSA) is 17.1 Å². The summed E-state index contributed by atoms with van der Waals surface area (Å²) in [6.07, 6.45) is 14.4. The Balaban J connectivity index is 1.46. The second kappa shape index (κ2) is 7.98. The quantitative estimate of drug-likeness (QED) is 0.458. The van der Waals surface area contributed by atoms with Gasteiger partial charge >= 0.3 is 0 Å². The fourth-order valence-electron chi connectivity index (χ4n) is 9.08. The van der Waals surface area contributed by atoms with E-state index < -0.39 is 0 Å². The van der Waals surface area contributed by atoms with Gasteiger partial charge in [-0.05, 0) is 103 Å². The van der Waals surface area contributed by atoms with Crippen molar-refractivity contribution in [3.63, 3.8) is 0 Å². The minimum Gasteiger partial charge on any atom is -0.300 e. The van der Waals surface area contributed by atoms with Crippen LogP contribution in [0.1, 0.15) is 112 Å². The maximum Gasteiger partial charge on any atom is 0.133 e. The molecule has 0 aromatic carbocycles. The first-order valence-electron chi connectivity index (χ1n) is 13.2. The molecule has 0 radical (unpaired) electrons. The molecule has 166 valence electrons. The van der Waals surface area contributed by atoms with Gasteiger partial charge in [-0.15, -0.1) is 0 Å². The van der Waals surface area contributed by atoms with Crippen LogP contribution in [0.3, 0.4) is 0 Å². The van der Waals surface area contributed by atoms with E-state index in [4.69, 9.17) is 0 Å². The highest BCUT2D eigenvalue weighted by Gasteiger charge is 2.60. The third-order valence-electron chi connectivity index (χ3n) is 11.5. The van der Waals surface area contributed by atoms with Crippen LogP contribution in [0, 0.1) is 58.2 Å². The fourth-order valence-corrected chi connectivity index (χ4v) is 9.08. The first-order chi connectivity index (χ1) is 13.7. The van der Waals surface area contributed by atoms with Gasteiger partial charge in [0.1, 0.15) is 5.78 Å². The van der Waals surface area contributed by atoms with Gasteiger partial charge in [0.15, 0.2) is 0 Å². The molecule has 4 fully saturated rings. The average Bonchev–Trinajstić information content (AvgIpc) is 3.03. The van der Waals surface area contributed by atoms with Crippen LogP contribution in [0.25, 0.3) is 0 Å². The van der Waals surface area contributed by atoms with E-state index in [1.165, 1.54) is 57.8 Å². The van der Waals surface area contributed by atoms with Gasteiger partial charge in [0, 0.05) is 12.8 Å². The molecule has 0 unspecified atom stereocenters. The van der Waals surface area contributed by atoms with Crippen LogP contribution >= 0.6 is 0 Å². The van der Waals surface area contributed by atoms with Gasteiger partial charge in [-0.2, -0.15) is 0 Å². The average molecular weight is 401 g/mol. The Bertz CT molecular complexity index is 607. The molecule has 4 rings (SSSR count). The van der Waals surface area contributed by atoms with Gasteiger partial charge in [-0.3, -0.25) is 4.79 Å². The third kappa shape index (κ3) is 3.65. The van der Waals surface area contributed by atoms with Crippen LogP contribution < -0.4 is 0 Å². The monoisotopic (exact) mass is 400 g/mol. The van der Waals surface area contributed by atoms with Gasteiger partial charge in [0.05, 0.1) is 0 Å². The Kier molecular flexibility index (Phi) is 6.02. The molecule has 0 bridgehead atoms. The van der Waals surface area contributed by atoms with Crippen LogP contribution in [0.4, 0.5) is 0 Å². The zero-order valence-electron chi connectivity index (χ0n) is 20.3. The maximum absolute atomic E-state index is 12.1. The lowest BCUT2D eigenvalue weighted by molar-refractivity contribution is -0.140. The molecular weight excluding hydrogens is 352 g/mol. The maximum atomic E-state index is 12.1. The molecule has 0 amide bonds. The first-order valence-corrected chi connectivity index (χ1v) is 13.2. The summed E-state index contributed by atoms with van der Waals surface area (Å²) in [7, 11) is 0. The van der Waals surface area contributed by atoms with E-state index in [1.54, 1.807) is 0 Å². The zero-order valence-corrected chi connectivity index (χ0v) is 20.3. The molecular formula is C28H48O. The minimum atomic E-state index is 0.467. The van der Waals surface area contributed by atoms with E-state index in [0.29, 0.717) is 22.5 Å². The molecule has 0 aromatic rings. The largest absolute Gasteiger partial charge is 0.300 e. The highest BCUT2D eigenvalue weighted by Crippen LogP contribution is 2.68. The Morgan fingerprint density at radius 2 is 1.59 bits per heavy atom. The van der Waals surface area contributed by atoms with Gasteiger partial charge in [-0.25, -0.2) is 0 Å². The standard InChI is InChI=1S/C28H48O/c1-18(2)19(3)7-8-20(4)24-11-12-25-23-10-9-21-17-22(29)13-15-27(21,5)26(23)14-16-28(24,25)6/h18-21,23-26H,7-17H2,1-6H3/t19-,20+,21-,23-,24-,25+,26-,27-,28-/m0/s1. The zero-order chi connectivity index (χ0) is 21.0. The van der Waals surface area contributed by atoms with Crippen LogP contribution in [0.15, 0.2) is 0 Å². The lowest BCUT2D eigenvalue weighted by Gasteiger charge is -2.60. The van der Waals surface area contributed by atoms with Crippen molar-refractivity contribution >= 4 is 5.78 Å². The molecule has 0 aromatic heterocycles. The van der Waals surface area contributed by atoms with Gasteiger partial charge < -0.3 is 0 Å². The summed E-state index contributed by atoms with van der Waals surface area (Å²) in [4.78, 5) is 12.1. The molecule has 9 atom stereocenters. The summed E-state index contributed by atoms with van der Waals surface area (Å²) >= 11 is 0. The fraction of sp³-hybridized carbons (Fsp3) is 0.964. The molecule has 0 N–H and O–H groups in total. The van der Waals surface area contributed by atoms with Gasteiger partial charge in [0.25, 0.3) is 0 Å². The second-order valence-corrected chi connectivity index (χ2v) is 12.9. The number of Topliss-reactive ketones (excluding diaryl/α,β-unsaturated/α-hetero) is 1. The Hall–Kier alpha value is -0.330. The number of hydrogen-bond acceptors (Lipinski definition) is 1. The normalized spacial score (nSPS) is 46.7. The number of fused-ring (bicyclic) bond motifs is 5. The highest BCUT2D eigenvalue weighted by atomic mass is 16.1. The van der Waals surface area contributed by atoms with Crippen molar-refractivity contribution in [3.05, 3.63) is 0 Å². The lowest BCUT2D eigenvalue weighted by atomic mass is 9.44. The molecule has 29 heavy (non-hydrogen) atoms. The van der Waals surface area contributed by atoms with Crippen molar-refractivity contribution in [2.75, 3.05) is 0 Å². The van der Waals surface area contributed by atoms with Crippen LogP contribution in [0.2, 0.25) is 0 Å². The Morgan fingerprint density at radius 1 is 0.862 bits per heavy atom. The van der Waals surface area contributed by atoms with Crippen molar-refractivity contribution in [2.45, 2.75) is 112 Å². The number of carbonyl (C=O) groups excluding carboxylic acids is 1. The summed E-state index contributed by atoms with van der Waals surface area (Å²) in [6.45, 7) is 15.1. The molecule has 4 aliphatic carbocycles. The summed E-state index contributed by atoms with van der Waals surface area (Å²) in [5.74, 6) is 7.60. The summed E-state index contributed by atoms with van der Waals surface area (Å²) in [5.41, 5.74) is 1.06. The Morgan fingerprint density at radius 3 is 2.31 bits per heavy atom. The first kappa shape index (κ1) is 21.9. The van der Waals surface area contributed by atoms with Crippen molar-refractivity contribution < 1.29 is 4.79 Å². The number of ketones is 1. The predicted octanol–water partition coefficient (Wildman–Crippen LogP) is 7.92. The summed E-state index contributed by atoms with van der Waals surface area (Å²) in [6, 6.07) is 0. The van der Waals surface area contributed by atoms with E-state index in [0.717, 1.165) is 54.3 Å². The van der Waals surface area contributed by atoms with Gasteiger partial charge in [-0.1, -0.05) is 54.4 Å². The smallest absolute Gasteiger partial charge is 0.133 e. The molecule has 1 nitrogen and oxygen atoms in total. The minimum absolute atomic E-state index is 0.467. The van der Waals surface area contributed by atoms with Crippen molar-refractivity contribution in [1.82, 2.24) is 0 Å². The molecule has 1 heteroatoms. The number of hydrogen-bond donors (Lipinski definition) is 0. The van der Waals surface area contributed by atoms with E-state index in [-0.39, 0.29) is 0 Å². The summed E-state index contributed by atoms with van der Waals surface area (Å²) in [5, 5.41) is 0. The number of carbonyl (C=O) groups is 1. The third-order valence-corrected chi connectivity index (χ3v) is 11.5. The molecule has 0 heterocycles. The van der Waals surface area contributed by atoms with Crippen LogP contribution in [0.5, 0.6) is 0 Å². The van der Waals surface area contributed by atoms with E-state index in [9.17, 15) is 4.79 Å². The van der Waals surface area contributed by atoms with Crippen molar-refractivity contribution in [2.24, 2.45) is 58.2 Å². The molecule has 4 aliphatic rings. The molecule has 0 aliphatic heterocycles. The summed E-state index contributed by atoms with van der Waals surface area (Å²) < 4.78 is 0. The van der Waals surface area contributed by atoms with Gasteiger partial charge in [0.2, 0.25) is 0 Å². The predicted molar refractivity (Wildman–Crippen MR) is 123 cm³/mol. The van der Waals surface area contributed by atoms with Crippen LogP contribution in [-0.2, 0) is 4.79 Å².